The van der Waals surface area contributed by atoms with E-state index in [4.69, 9.17) is 0 Å². The van der Waals surface area contributed by atoms with Crippen LogP contribution in [0.15, 0.2) is 30.3 Å². The zero-order valence-corrected chi connectivity index (χ0v) is 24.4. The Balaban J connectivity index is 0.00000408. The summed E-state index contributed by atoms with van der Waals surface area (Å²) in [6.45, 7) is 8.23. The van der Waals surface area contributed by atoms with Crippen LogP contribution in [0.5, 0.6) is 0 Å². The largest absolute Gasteiger partial charge is 1.00 e. The molecule has 4 heteroatoms. The summed E-state index contributed by atoms with van der Waals surface area (Å²) in [5.41, 5.74) is 2.82. The second-order valence-electron chi connectivity index (χ2n) is 10.1. The van der Waals surface area contributed by atoms with E-state index in [-0.39, 0.29) is 17.0 Å². The molecule has 0 spiro atoms. The van der Waals surface area contributed by atoms with Crippen molar-refractivity contribution >= 4 is 16.5 Å². The molecule has 0 saturated carbocycles. The summed E-state index contributed by atoms with van der Waals surface area (Å²) in [6, 6.07) is 11.0. The molecule has 3 rings (SSSR count). The first-order valence-corrected chi connectivity index (χ1v) is 15.0. The topological polar surface area (TPSA) is 7.12 Å². The Morgan fingerprint density at radius 2 is 1.32 bits per heavy atom. The molecule has 1 aliphatic rings. The SMILES string of the molecule is CCCCCCCCCCCCCCCCN1CCCC[n+]2c1sc(C)c2-c1ccccc1.[Br-]. The van der Waals surface area contributed by atoms with Gasteiger partial charge < -0.3 is 17.0 Å². The highest BCUT2D eigenvalue weighted by Gasteiger charge is 2.29. The number of unbranched alkanes of at least 4 members (excludes halogenated alkanes) is 13. The van der Waals surface area contributed by atoms with Crippen LogP contribution < -0.4 is 26.4 Å². The van der Waals surface area contributed by atoms with E-state index in [1.54, 1.807) is 0 Å². The maximum absolute atomic E-state index is 2.69. The number of hydrogen-bond donors (Lipinski definition) is 0. The van der Waals surface area contributed by atoms with E-state index in [2.05, 4.69) is 53.6 Å². The Morgan fingerprint density at radius 3 is 1.91 bits per heavy atom. The highest BCUT2D eigenvalue weighted by atomic mass is 79.9. The average molecular weight is 550 g/mol. The van der Waals surface area contributed by atoms with Gasteiger partial charge in [0.15, 0.2) is 0 Å². The first-order chi connectivity index (χ1) is 16.3. The molecule has 0 aliphatic carbocycles. The van der Waals surface area contributed by atoms with Crippen molar-refractivity contribution in [2.75, 3.05) is 18.0 Å². The Morgan fingerprint density at radius 1 is 0.765 bits per heavy atom. The van der Waals surface area contributed by atoms with Crippen LogP contribution in [0.2, 0.25) is 0 Å². The highest BCUT2D eigenvalue weighted by molar-refractivity contribution is 7.15. The van der Waals surface area contributed by atoms with Gasteiger partial charge in [-0.1, -0.05) is 126 Å². The second kappa shape index (κ2) is 17.5. The zero-order valence-electron chi connectivity index (χ0n) is 22.0. The van der Waals surface area contributed by atoms with Crippen LogP contribution in [0.25, 0.3) is 11.3 Å². The van der Waals surface area contributed by atoms with Crippen molar-refractivity contribution in [2.24, 2.45) is 0 Å². The number of fused-ring (bicyclic) bond motifs is 1. The van der Waals surface area contributed by atoms with Gasteiger partial charge in [0.25, 0.3) is 0 Å². The van der Waals surface area contributed by atoms with Crippen LogP contribution in [-0.2, 0) is 6.54 Å². The van der Waals surface area contributed by atoms with E-state index < -0.39 is 0 Å². The van der Waals surface area contributed by atoms with Gasteiger partial charge in [-0.15, -0.1) is 0 Å². The van der Waals surface area contributed by atoms with Gasteiger partial charge in [0.2, 0.25) is 0 Å². The molecule has 2 nitrogen and oxygen atoms in total. The fourth-order valence-electron chi connectivity index (χ4n) is 5.30. The number of halogens is 1. The van der Waals surface area contributed by atoms with Crippen LogP contribution in [0.4, 0.5) is 5.13 Å². The Kier molecular flexibility index (Phi) is 15.1. The minimum atomic E-state index is 0. The number of anilines is 1. The van der Waals surface area contributed by atoms with Crippen molar-refractivity contribution in [1.29, 1.82) is 0 Å². The van der Waals surface area contributed by atoms with Crippen LogP contribution in [0.1, 0.15) is 115 Å². The van der Waals surface area contributed by atoms with Crippen molar-refractivity contribution in [1.82, 2.24) is 0 Å². The van der Waals surface area contributed by atoms with Crippen molar-refractivity contribution in [3.63, 3.8) is 0 Å². The Labute approximate surface area is 224 Å². The van der Waals surface area contributed by atoms with Crippen LogP contribution in [-0.4, -0.2) is 13.1 Å². The van der Waals surface area contributed by atoms with Gasteiger partial charge in [-0.3, -0.25) is 4.90 Å². The highest BCUT2D eigenvalue weighted by Crippen LogP contribution is 2.32. The quantitative estimate of drug-likeness (QED) is 0.181. The van der Waals surface area contributed by atoms with Crippen molar-refractivity contribution in [3.8, 4) is 11.3 Å². The Bertz CT molecular complexity index is 774. The Hall–Kier alpha value is -0.870. The average Bonchev–Trinajstić information content (AvgIpc) is 3.04. The van der Waals surface area contributed by atoms with E-state index in [0.29, 0.717) is 0 Å². The molecule has 192 valence electrons. The zero-order chi connectivity index (χ0) is 23.1. The molecule has 1 aromatic heterocycles. The molecule has 0 N–H and O–H groups in total. The van der Waals surface area contributed by atoms with E-state index in [9.17, 15) is 0 Å². The molecule has 0 saturated heterocycles. The third-order valence-corrected chi connectivity index (χ3v) is 8.40. The molecule has 34 heavy (non-hydrogen) atoms. The van der Waals surface area contributed by atoms with Crippen molar-refractivity contribution in [3.05, 3.63) is 35.2 Å². The molecule has 0 unspecified atom stereocenters. The van der Waals surface area contributed by atoms with Gasteiger partial charge in [-0.25, -0.2) is 4.57 Å². The van der Waals surface area contributed by atoms with Crippen molar-refractivity contribution < 1.29 is 21.5 Å². The van der Waals surface area contributed by atoms with E-state index in [0.717, 1.165) is 0 Å². The molecule has 0 bridgehead atoms. The van der Waals surface area contributed by atoms with Crippen LogP contribution in [0.3, 0.4) is 0 Å². The lowest BCUT2D eigenvalue weighted by atomic mass is 10.0. The maximum Gasteiger partial charge on any atom is 0.336 e. The molecule has 0 amide bonds. The number of nitrogens with zero attached hydrogens (tertiary/aromatic N) is 2. The summed E-state index contributed by atoms with van der Waals surface area (Å²) in [7, 11) is 0. The monoisotopic (exact) mass is 548 g/mol. The second-order valence-corrected chi connectivity index (χ2v) is 11.3. The number of benzene rings is 1. The summed E-state index contributed by atoms with van der Waals surface area (Å²) < 4.78 is 2.62. The van der Waals surface area contributed by atoms with Gasteiger partial charge in [0.05, 0.1) is 24.5 Å². The number of hydrogen-bond acceptors (Lipinski definition) is 2. The molecular weight excluding hydrogens is 500 g/mol. The molecule has 0 atom stereocenters. The molecule has 0 fully saturated rings. The lowest BCUT2D eigenvalue weighted by molar-refractivity contribution is -0.669. The minimum absolute atomic E-state index is 0. The fraction of sp³-hybridized carbons (Fsp3) is 0.700. The molecular formula is C30H49BrN2S. The lowest BCUT2D eigenvalue weighted by Crippen LogP contribution is -3.00. The van der Waals surface area contributed by atoms with Gasteiger partial charge in [-0.05, 0) is 32.6 Å². The van der Waals surface area contributed by atoms with Gasteiger partial charge in [0.1, 0.15) is 5.69 Å². The molecule has 0 radical (unpaired) electrons. The van der Waals surface area contributed by atoms with E-state index >= 15 is 0 Å². The third kappa shape index (κ3) is 9.64. The summed E-state index contributed by atoms with van der Waals surface area (Å²) in [4.78, 5) is 4.15. The number of aromatic nitrogens is 1. The normalized spacial score (nSPS) is 13.4. The fourth-order valence-corrected chi connectivity index (χ4v) is 6.50. The van der Waals surface area contributed by atoms with E-state index in [1.807, 2.05) is 11.3 Å². The van der Waals surface area contributed by atoms with Gasteiger partial charge in [0, 0.05) is 5.56 Å². The number of aryl methyl sites for hydroxylation is 1. The molecule has 1 aliphatic heterocycles. The maximum atomic E-state index is 2.69. The van der Waals surface area contributed by atoms with Gasteiger partial charge >= 0.3 is 5.13 Å². The van der Waals surface area contributed by atoms with Crippen LogP contribution in [0, 0.1) is 6.92 Å². The number of rotatable bonds is 16. The summed E-state index contributed by atoms with van der Waals surface area (Å²) in [5.74, 6) is 0. The lowest BCUT2D eigenvalue weighted by Gasteiger charge is -2.14. The number of thiazole rings is 1. The summed E-state index contributed by atoms with van der Waals surface area (Å²) in [5, 5.41) is 1.50. The molecule has 1 aromatic carbocycles. The third-order valence-electron chi connectivity index (χ3n) is 7.24. The molecule has 2 aromatic rings. The van der Waals surface area contributed by atoms with Crippen LogP contribution >= 0.6 is 11.3 Å². The van der Waals surface area contributed by atoms with Gasteiger partial charge in [-0.2, -0.15) is 0 Å². The summed E-state index contributed by atoms with van der Waals surface area (Å²) in [6.07, 6.45) is 22.7. The van der Waals surface area contributed by atoms with E-state index in [1.165, 1.54) is 144 Å². The first kappa shape index (κ1) is 29.4. The smallest absolute Gasteiger partial charge is 0.336 e. The predicted octanol–water partition coefficient (Wildman–Crippen LogP) is 6.10. The first-order valence-electron chi connectivity index (χ1n) is 14.1. The summed E-state index contributed by atoms with van der Waals surface area (Å²) >= 11 is 2.01. The molecule has 2 heterocycles. The standard InChI is InChI=1S/C30H49N2S.BrH/c1-3-4-5-6-7-8-9-10-11-12-13-14-15-19-24-31-25-20-21-26-32-29(27(2)33-30(31)32)28-22-17-16-18-23-28;/h16-18,22-23H,3-15,19-21,24-26H2,1-2H3;1H/q+1;/p-1. The predicted molar refractivity (Wildman–Crippen MR) is 146 cm³/mol. The van der Waals surface area contributed by atoms with Crippen molar-refractivity contribution in [2.45, 2.75) is 123 Å². The minimum Gasteiger partial charge on any atom is -1.00 e.